The van der Waals surface area contributed by atoms with Crippen molar-refractivity contribution in [2.45, 2.75) is 78.6 Å². The van der Waals surface area contributed by atoms with E-state index in [1.165, 1.54) is 6.42 Å². The standard InChI is InChI=1S/C16H20F3N3O.C5H11ClO.C3H8/c1-20-13-3-2-10(7-13)15(23)22-5-4-14-11(9-22)6-12(8-21-14)16(17,18)19;1-5(2,3-6)4-7;1-3-2/h6,8,10,13,20H,2-5,7,9H2,1H3;7H,3-4H2,1-2H3;3H2,1-2H3. The van der Waals surface area contributed by atoms with Crippen molar-refractivity contribution < 1.29 is 23.1 Å². The molecule has 3 rings (SSSR count). The predicted octanol–water partition coefficient (Wildman–Crippen LogP) is 5.03. The lowest BCUT2D eigenvalue weighted by atomic mass is 9.99. The van der Waals surface area contributed by atoms with Crippen LogP contribution in [0, 0.1) is 11.3 Å². The molecule has 1 fully saturated rings. The van der Waals surface area contributed by atoms with Crippen molar-refractivity contribution in [3.63, 3.8) is 0 Å². The molecule has 2 heterocycles. The summed E-state index contributed by atoms with van der Waals surface area (Å²) in [6.45, 7) is 9.01. The van der Waals surface area contributed by atoms with Crippen molar-refractivity contribution in [2.75, 3.05) is 26.1 Å². The highest BCUT2D eigenvalue weighted by atomic mass is 35.5. The van der Waals surface area contributed by atoms with Gasteiger partial charge in [0.2, 0.25) is 5.91 Å². The number of nitrogens with zero attached hydrogens (tertiary/aromatic N) is 2. The Labute approximate surface area is 201 Å². The van der Waals surface area contributed by atoms with Gasteiger partial charge in [-0.15, -0.1) is 11.6 Å². The number of hydrogen-bond donors (Lipinski definition) is 2. The second kappa shape index (κ2) is 13.5. The van der Waals surface area contributed by atoms with Gasteiger partial charge in [0.25, 0.3) is 0 Å². The zero-order valence-electron chi connectivity index (χ0n) is 20.4. The van der Waals surface area contributed by atoms with Crippen molar-refractivity contribution in [1.82, 2.24) is 15.2 Å². The fraction of sp³-hybridized carbons (Fsp3) is 0.750. The van der Waals surface area contributed by atoms with E-state index >= 15 is 0 Å². The summed E-state index contributed by atoms with van der Waals surface area (Å²) in [5.41, 5.74) is 0.340. The zero-order valence-corrected chi connectivity index (χ0v) is 21.2. The highest BCUT2D eigenvalue weighted by Crippen LogP contribution is 2.32. The molecule has 0 saturated heterocycles. The van der Waals surface area contributed by atoms with Crippen molar-refractivity contribution in [3.8, 4) is 0 Å². The summed E-state index contributed by atoms with van der Waals surface area (Å²) >= 11 is 5.43. The summed E-state index contributed by atoms with van der Waals surface area (Å²) in [5.74, 6) is 0.558. The van der Waals surface area contributed by atoms with Crippen molar-refractivity contribution >= 4 is 17.5 Å². The third kappa shape index (κ3) is 9.41. The smallest absolute Gasteiger partial charge is 0.396 e. The zero-order chi connectivity index (χ0) is 25.2. The fourth-order valence-electron chi connectivity index (χ4n) is 3.54. The lowest BCUT2D eigenvalue weighted by Crippen LogP contribution is -2.40. The first-order valence-corrected chi connectivity index (χ1v) is 12.1. The highest BCUT2D eigenvalue weighted by molar-refractivity contribution is 6.18. The van der Waals surface area contributed by atoms with Gasteiger partial charge in [0.1, 0.15) is 0 Å². The number of carbonyl (C=O) groups excluding carboxylic acids is 1. The first-order valence-electron chi connectivity index (χ1n) is 11.6. The minimum Gasteiger partial charge on any atom is -0.396 e. The molecule has 1 aliphatic heterocycles. The minimum absolute atomic E-state index is 0.0206. The van der Waals surface area contributed by atoms with E-state index in [0.717, 1.165) is 31.5 Å². The van der Waals surface area contributed by atoms with Gasteiger partial charge in [-0.2, -0.15) is 13.2 Å². The Morgan fingerprint density at radius 3 is 2.39 bits per heavy atom. The number of aliphatic hydroxyl groups is 1. The maximum Gasteiger partial charge on any atom is 0.417 e. The molecule has 2 atom stereocenters. The van der Waals surface area contributed by atoms with Crippen LogP contribution in [0.15, 0.2) is 12.3 Å². The van der Waals surface area contributed by atoms with E-state index in [1.54, 1.807) is 4.90 Å². The number of alkyl halides is 4. The van der Waals surface area contributed by atoms with Gasteiger partial charge in [-0.3, -0.25) is 9.78 Å². The molecule has 2 aliphatic rings. The summed E-state index contributed by atoms with van der Waals surface area (Å²) < 4.78 is 38.4. The van der Waals surface area contributed by atoms with Gasteiger partial charge in [-0.1, -0.05) is 34.1 Å². The third-order valence-electron chi connectivity index (χ3n) is 5.66. The average molecular weight is 494 g/mol. The number of aliphatic hydroxyl groups excluding tert-OH is 1. The molecule has 5 nitrogen and oxygen atoms in total. The summed E-state index contributed by atoms with van der Waals surface area (Å²) in [4.78, 5) is 18.2. The number of hydrogen-bond acceptors (Lipinski definition) is 4. The second-order valence-corrected chi connectivity index (χ2v) is 9.76. The van der Waals surface area contributed by atoms with E-state index in [-0.39, 0.29) is 30.4 Å². The van der Waals surface area contributed by atoms with Crippen LogP contribution in [-0.2, 0) is 23.9 Å². The number of nitrogens with one attached hydrogen (secondary N) is 1. The predicted molar refractivity (Wildman–Crippen MR) is 126 cm³/mol. The molecule has 2 N–H and O–H groups in total. The van der Waals surface area contributed by atoms with Gasteiger partial charge in [-0.05, 0) is 37.9 Å². The molecule has 0 aromatic carbocycles. The molecular formula is C24H39ClF3N3O2. The number of aromatic nitrogens is 1. The molecule has 1 aromatic heterocycles. The van der Waals surface area contributed by atoms with Gasteiger partial charge >= 0.3 is 6.18 Å². The van der Waals surface area contributed by atoms with Gasteiger partial charge in [-0.25, -0.2) is 0 Å². The fourth-order valence-corrected chi connectivity index (χ4v) is 3.62. The number of halogens is 4. The van der Waals surface area contributed by atoms with E-state index in [9.17, 15) is 18.0 Å². The van der Waals surface area contributed by atoms with Crippen molar-refractivity contribution in [3.05, 3.63) is 29.1 Å². The summed E-state index contributed by atoms with van der Waals surface area (Å²) in [6.07, 6.45) is 0.858. The number of carbonyl (C=O) groups is 1. The molecule has 1 amide bonds. The Hall–Kier alpha value is -1.38. The summed E-state index contributed by atoms with van der Waals surface area (Å²) in [5, 5.41) is 11.7. The Balaban J connectivity index is 0.000000462. The molecular weight excluding hydrogens is 455 g/mol. The summed E-state index contributed by atoms with van der Waals surface area (Å²) in [6, 6.07) is 1.49. The van der Waals surface area contributed by atoms with Crippen LogP contribution < -0.4 is 5.32 Å². The van der Waals surface area contributed by atoms with E-state index in [1.807, 2.05) is 20.9 Å². The first-order chi connectivity index (χ1) is 15.4. The van der Waals surface area contributed by atoms with Crippen LogP contribution in [0.1, 0.15) is 70.2 Å². The van der Waals surface area contributed by atoms with E-state index in [0.29, 0.717) is 36.1 Å². The molecule has 1 aliphatic carbocycles. The Kier molecular flexibility index (Phi) is 12.1. The van der Waals surface area contributed by atoms with Crippen LogP contribution in [0.2, 0.25) is 0 Å². The van der Waals surface area contributed by atoms with E-state index in [2.05, 4.69) is 24.1 Å². The van der Waals surface area contributed by atoms with Crippen LogP contribution >= 0.6 is 11.6 Å². The molecule has 190 valence electrons. The lowest BCUT2D eigenvalue weighted by Gasteiger charge is -2.30. The average Bonchev–Trinajstić information content (AvgIpc) is 3.27. The van der Waals surface area contributed by atoms with Crippen LogP contribution in [0.3, 0.4) is 0 Å². The van der Waals surface area contributed by atoms with Crippen LogP contribution in [0.4, 0.5) is 13.2 Å². The largest absolute Gasteiger partial charge is 0.417 e. The molecule has 0 spiro atoms. The van der Waals surface area contributed by atoms with Gasteiger partial charge in [0.05, 0.1) is 5.56 Å². The number of fused-ring (bicyclic) bond motifs is 1. The molecule has 9 heteroatoms. The van der Waals surface area contributed by atoms with Crippen LogP contribution in [-0.4, -0.2) is 53.0 Å². The molecule has 0 radical (unpaired) electrons. The highest BCUT2D eigenvalue weighted by Gasteiger charge is 2.35. The lowest BCUT2D eigenvalue weighted by molar-refractivity contribution is -0.137. The third-order valence-corrected chi connectivity index (χ3v) is 6.38. The molecule has 33 heavy (non-hydrogen) atoms. The molecule has 1 aromatic rings. The molecule has 1 saturated carbocycles. The quantitative estimate of drug-likeness (QED) is 0.577. The van der Waals surface area contributed by atoms with Gasteiger partial charge in [0, 0.05) is 61.3 Å². The molecule has 0 bridgehead atoms. The van der Waals surface area contributed by atoms with E-state index in [4.69, 9.17) is 16.7 Å². The molecule has 2 unspecified atom stereocenters. The van der Waals surface area contributed by atoms with Gasteiger partial charge in [0.15, 0.2) is 0 Å². The maximum atomic E-state index is 12.8. The minimum atomic E-state index is -4.40. The SMILES string of the molecule is CC(C)(CO)CCl.CCC.CNC1CCC(C(=O)N2CCc3ncc(C(F)(F)F)cc3C2)C1. The topological polar surface area (TPSA) is 65.5 Å². The van der Waals surface area contributed by atoms with Crippen molar-refractivity contribution in [2.24, 2.45) is 11.3 Å². The monoisotopic (exact) mass is 493 g/mol. The number of pyridine rings is 1. The number of amides is 1. The van der Waals surface area contributed by atoms with Gasteiger partial charge < -0.3 is 15.3 Å². The Morgan fingerprint density at radius 2 is 1.94 bits per heavy atom. The van der Waals surface area contributed by atoms with Crippen molar-refractivity contribution in [1.29, 1.82) is 0 Å². The number of rotatable bonds is 4. The Bertz CT molecular complexity index is 738. The maximum absolute atomic E-state index is 12.8. The van der Waals surface area contributed by atoms with Crippen LogP contribution in [0.25, 0.3) is 0 Å². The van der Waals surface area contributed by atoms with E-state index < -0.39 is 11.7 Å². The Morgan fingerprint density at radius 1 is 1.30 bits per heavy atom. The summed E-state index contributed by atoms with van der Waals surface area (Å²) in [7, 11) is 1.89. The van der Waals surface area contributed by atoms with Crippen LogP contribution in [0.5, 0.6) is 0 Å². The second-order valence-electron chi connectivity index (χ2n) is 9.50. The normalized spacial score (nSPS) is 20.2. The first kappa shape index (κ1) is 29.7.